The SMILES string of the molecule is CCCCC(CC)COc1ccc(CBr)cc1Cl. The average Bonchev–Trinajstić information content (AvgIpc) is 2.40. The Labute approximate surface area is 124 Å². The standard InChI is InChI=1S/C15H22BrClO/c1-3-5-6-12(4-2)11-18-15-8-7-13(10-16)9-14(15)17/h7-9,12H,3-6,10-11H2,1-2H3. The van der Waals surface area contributed by atoms with Crippen LogP contribution in [0.1, 0.15) is 45.1 Å². The van der Waals surface area contributed by atoms with Crippen LogP contribution in [0.3, 0.4) is 0 Å². The molecule has 0 saturated heterocycles. The molecule has 0 bridgehead atoms. The Balaban J connectivity index is 2.51. The summed E-state index contributed by atoms with van der Waals surface area (Å²) in [5, 5.41) is 1.53. The topological polar surface area (TPSA) is 9.23 Å². The highest BCUT2D eigenvalue weighted by molar-refractivity contribution is 9.08. The molecular weight excluding hydrogens is 312 g/mol. The highest BCUT2D eigenvalue weighted by Gasteiger charge is 2.09. The summed E-state index contributed by atoms with van der Waals surface area (Å²) < 4.78 is 5.84. The van der Waals surface area contributed by atoms with Crippen LogP contribution in [0.25, 0.3) is 0 Å². The first-order valence-electron chi connectivity index (χ1n) is 6.68. The third-order valence-electron chi connectivity index (χ3n) is 3.17. The van der Waals surface area contributed by atoms with Crippen LogP contribution in [0.4, 0.5) is 0 Å². The maximum atomic E-state index is 6.19. The van der Waals surface area contributed by atoms with Gasteiger partial charge in [0.05, 0.1) is 11.6 Å². The molecule has 0 amide bonds. The first-order chi connectivity index (χ1) is 8.71. The lowest BCUT2D eigenvalue weighted by Gasteiger charge is -2.16. The van der Waals surface area contributed by atoms with Crippen molar-refractivity contribution in [2.24, 2.45) is 5.92 Å². The van der Waals surface area contributed by atoms with E-state index in [2.05, 4.69) is 29.8 Å². The number of benzene rings is 1. The van der Waals surface area contributed by atoms with Crippen molar-refractivity contribution < 1.29 is 4.74 Å². The van der Waals surface area contributed by atoms with Crippen molar-refractivity contribution in [1.82, 2.24) is 0 Å². The lowest BCUT2D eigenvalue weighted by molar-refractivity contribution is 0.233. The van der Waals surface area contributed by atoms with Crippen molar-refractivity contribution in [2.75, 3.05) is 6.61 Å². The quantitative estimate of drug-likeness (QED) is 0.544. The van der Waals surface area contributed by atoms with Crippen molar-refractivity contribution in [1.29, 1.82) is 0 Å². The fraction of sp³-hybridized carbons (Fsp3) is 0.600. The van der Waals surface area contributed by atoms with Crippen LogP contribution in [0.2, 0.25) is 5.02 Å². The van der Waals surface area contributed by atoms with Gasteiger partial charge in [0.25, 0.3) is 0 Å². The summed E-state index contributed by atoms with van der Waals surface area (Å²) in [7, 11) is 0. The summed E-state index contributed by atoms with van der Waals surface area (Å²) in [4.78, 5) is 0. The molecule has 0 aromatic heterocycles. The molecule has 0 spiro atoms. The first-order valence-corrected chi connectivity index (χ1v) is 8.18. The first kappa shape index (κ1) is 15.8. The predicted molar refractivity (Wildman–Crippen MR) is 82.9 cm³/mol. The number of halogens is 2. The van der Waals surface area contributed by atoms with Crippen molar-refractivity contribution in [3.63, 3.8) is 0 Å². The van der Waals surface area contributed by atoms with Crippen LogP contribution in [0.15, 0.2) is 18.2 Å². The van der Waals surface area contributed by atoms with E-state index in [1.54, 1.807) is 0 Å². The van der Waals surface area contributed by atoms with Crippen molar-refractivity contribution in [2.45, 2.75) is 44.9 Å². The number of ether oxygens (including phenoxy) is 1. The van der Waals surface area contributed by atoms with Crippen molar-refractivity contribution >= 4 is 27.5 Å². The van der Waals surface area contributed by atoms with E-state index >= 15 is 0 Å². The molecule has 102 valence electrons. The minimum atomic E-state index is 0.636. The van der Waals surface area contributed by atoms with Gasteiger partial charge in [0.1, 0.15) is 5.75 Å². The van der Waals surface area contributed by atoms with Gasteiger partial charge in [-0.05, 0) is 30.0 Å². The fourth-order valence-corrected chi connectivity index (χ4v) is 2.46. The molecule has 3 heteroatoms. The minimum absolute atomic E-state index is 0.636. The van der Waals surface area contributed by atoms with Crippen LogP contribution in [0, 0.1) is 5.92 Å². The smallest absolute Gasteiger partial charge is 0.137 e. The summed E-state index contributed by atoms with van der Waals surface area (Å²) in [6.07, 6.45) is 4.93. The highest BCUT2D eigenvalue weighted by Crippen LogP contribution is 2.27. The van der Waals surface area contributed by atoms with E-state index in [9.17, 15) is 0 Å². The molecule has 1 rings (SSSR count). The van der Waals surface area contributed by atoms with Gasteiger partial charge in [0.15, 0.2) is 0 Å². The van der Waals surface area contributed by atoms with Crippen LogP contribution in [0.5, 0.6) is 5.75 Å². The zero-order valence-corrected chi connectivity index (χ0v) is 13.6. The van der Waals surface area contributed by atoms with Gasteiger partial charge in [-0.2, -0.15) is 0 Å². The van der Waals surface area contributed by atoms with E-state index in [1.807, 2.05) is 18.2 Å². The van der Waals surface area contributed by atoms with E-state index in [0.717, 1.165) is 24.1 Å². The normalized spacial score (nSPS) is 12.4. The van der Waals surface area contributed by atoms with Crippen LogP contribution in [-0.2, 0) is 5.33 Å². The molecule has 0 radical (unpaired) electrons. The zero-order chi connectivity index (χ0) is 13.4. The summed E-state index contributed by atoms with van der Waals surface area (Å²) in [6, 6.07) is 5.97. The Morgan fingerprint density at radius 1 is 1.33 bits per heavy atom. The number of alkyl halides is 1. The van der Waals surface area contributed by atoms with E-state index in [1.165, 1.54) is 24.8 Å². The minimum Gasteiger partial charge on any atom is -0.492 e. The van der Waals surface area contributed by atoms with E-state index in [-0.39, 0.29) is 0 Å². The molecule has 1 nitrogen and oxygen atoms in total. The van der Waals surface area contributed by atoms with Crippen LogP contribution in [-0.4, -0.2) is 6.61 Å². The highest BCUT2D eigenvalue weighted by atomic mass is 79.9. The zero-order valence-electron chi connectivity index (χ0n) is 11.2. The summed E-state index contributed by atoms with van der Waals surface area (Å²) in [5.74, 6) is 1.44. The van der Waals surface area contributed by atoms with Gasteiger partial charge in [-0.25, -0.2) is 0 Å². The Morgan fingerprint density at radius 2 is 2.11 bits per heavy atom. The van der Waals surface area contributed by atoms with Crippen molar-refractivity contribution in [3.8, 4) is 5.75 Å². The Bertz CT molecular complexity index is 354. The lowest BCUT2D eigenvalue weighted by atomic mass is 10.0. The van der Waals surface area contributed by atoms with Crippen molar-refractivity contribution in [3.05, 3.63) is 28.8 Å². The summed E-state index contributed by atoms with van der Waals surface area (Å²) in [6.45, 7) is 5.21. The van der Waals surface area contributed by atoms with Gasteiger partial charge < -0.3 is 4.74 Å². The molecule has 0 aliphatic carbocycles. The molecule has 1 aromatic carbocycles. The molecule has 0 saturated carbocycles. The Hall–Kier alpha value is -0.210. The van der Waals surface area contributed by atoms with E-state index < -0.39 is 0 Å². The predicted octanol–water partition coefficient (Wildman–Crippen LogP) is 5.83. The molecule has 1 unspecified atom stereocenters. The van der Waals surface area contributed by atoms with Gasteiger partial charge in [-0.15, -0.1) is 0 Å². The average molecular weight is 334 g/mol. The van der Waals surface area contributed by atoms with E-state index in [0.29, 0.717) is 10.9 Å². The van der Waals surface area contributed by atoms with Crippen LogP contribution < -0.4 is 4.74 Å². The molecule has 1 atom stereocenters. The number of hydrogen-bond acceptors (Lipinski definition) is 1. The molecule has 0 fully saturated rings. The third kappa shape index (κ3) is 5.19. The monoisotopic (exact) mass is 332 g/mol. The second kappa shape index (κ2) is 8.82. The molecule has 1 aromatic rings. The Kier molecular flexibility index (Phi) is 7.76. The maximum absolute atomic E-state index is 6.19. The molecule has 0 N–H and O–H groups in total. The molecular formula is C15H22BrClO. The Morgan fingerprint density at radius 3 is 2.67 bits per heavy atom. The van der Waals surface area contributed by atoms with Gasteiger partial charge in [0, 0.05) is 5.33 Å². The molecule has 0 aliphatic rings. The lowest BCUT2D eigenvalue weighted by Crippen LogP contribution is -2.11. The third-order valence-corrected chi connectivity index (χ3v) is 4.11. The van der Waals surface area contributed by atoms with Gasteiger partial charge in [0.2, 0.25) is 0 Å². The maximum Gasteiger partial charge on any atom is 0.137 e. The number of hydrogen-bond donors (Lipinski definition) is 0. The largest absolute Gasteiger partial charge is 0.492 e. The summed E-state index contributed by atoms with van der Waals surface area (Å²) >= 11 is 9.61. The second-order valence-electron chi connectivity index (χ2n) is 4.63. The number of unbranched alkanes of at least 4 members (excludes halogenated alkanes) is 1. The summed E-state index contributed by atoms with van der Waals surface area (Å²) in [5.41, 5.74) is 1.17. The number of rotatable bonds is 8. The fourth-order valence-electron chi connectivity index (χ4n) is 1.85. The molecule has 0 aliphatic heterocycles. The molecule has 0 heterocycles. The second-order valence-corrected chi connectivity index (χ2v) is 5.59. The van der Waals surface area contributed by atoms with Gasteiger partial charge in [-0.3, -0.25) is 0 Å². The van der Waals surface area contributed by atoms with Crippen LogP contribution >= 0.6 is 27.5 Å². The van der Waals surface area contributed by atoms with Gasteiger partial charge in [-0.1, -0.05) is 66.7 Å². The molecule has 18 heavy (non-hydrogen) atoms. The van der Waals surface area contributed by atoms with E-state index in [4.69, 9.17) is 16.3 Å². The van der Waals surface area contributed by atoms with Gasteiger partial charge >= 0.3 is 0 Å².